The highest BCUT2D eigenvalue weighted by Crippen LogP contribution is 2.38. The largest absolute Gasteiger partial charge is 0.493 e. The Morgan fingerprint density at radius 2 is 1.59 bits per heavy atom. The normalized spacial score (nSPS) is 11.7. The van der Waals surface area contributed by atoms with Gasteiger partial charge in [0, 0.05) is 6.20 Å². The first-order chi connectivity index (χ1) is 18.3. The second-order valence-corrected chi connectivity index (χ2v) is 7.91. The average molecular weight is 556 g/mol. The van der Waals surface area contributed by atoms with Crippen LogP contribution in [0.5, 0.6) is 0 Å². The van der Waals surface area contributed by atoms with Crippen LogP contribution >= 0.6 is 0 Å². The summed E-state index contributed by atoms with van der Waals surface area (Å²) < 4.78 is 46.6. The third-order valence-electron chi connectivity index (χ3n) is 4.74. The average Bonchev–Trinajstić information content (AvgIpc) is 2.90. The molecule has 0 unspecified atom stereocenters. The van der Waals surface area contributed by atoms with E-state index < -0.39 is 17.4 Å². The Balaban J connectivity index is 0. The van der Waals surface area contributed by atoms with E-state index in [-0.39, 0.29) is 5.56 Å². The van der Waals surface area contributed by atoms with E-state index in [4.69, 9.17) is 15.2 Å². The number of nitrogens with two attached hydrogens (primary N) is 1. The van der Waals surface area contributed by atoms with Crippen LogP contribution in [0.4, 0.5) is 13.2 Å². The minimum absolute atomic E-state index is 0.226. The highest BCUT2D eigenvalue weighted by Gasteiger charge is 2.51. The minimum atomic E-state index is -4.54. The van der Waals surface area contributed by atoms with Crippen molar-refractivity contribution in [1.29, 1.82) is 0 Å². The molecule has 2 rings (SSSR count). The van der Waals surface area contributed by atoms with Gasteiger partial charge in [-0.3, -0.25) is 20.4 Å². The van der Waals surface area contributed by atoms with Crippen LogP contribution < -0.4 is 22.1 Å². The van der Waals surface area contributed by atoms with Gasteiger partial charge in [-0.2, -0.15) is 13.2 Å². The van der Waals surface area contributed by atoms with Crippen LogP contribution in [0.1, 0.15) is 31.9 Å². The molecule has 2 aromatic rings. The van der Waals surface area contributed by atoms with Gasteiger partial charge < -0.3 is 20.2 Å². The van der Waals surface area contributed by atoms with E-state index in [0.29, 0.717) is 23.2 Å². The monoisotopic (exact) mass is 555 g/mol. The molecule has 1 aromatic carbocycles. The molecule has 0 saturated carbocycles. The maximum absolute atomic E-state index is 12.1. The lowest BCUT2D eigenvalue weighted by atomic mass is 9.87. The number of methoxy groups -OCH3 is 2. The molecule has 0 saturated heterocycles. The summed E-state index contributed by atoms with van der Waals surface area (Å²) >= 11 is 0. The molecule has 218 valence electrons. The number of aryl methyl sites for hydroxylation is 1. The van der Waals surface area contributed by atoms with Gasteiger partial charge in [-0.15, -0.1) is 0 Å². The van der Waals surface area contributed by atoms with Crippen molar-refractivity contribution in [2.45, 2.75) is 33.9 Å². The van der Waals surface area contributed by atoms with Crippen LogP contribution in [0.25, 0.3) is 6.08 Å². The van der Waals surface area contributed by atoms with Gasteiger partial charge in [0.25, 0.3) is 5.56 Å². The van der Waals surface area contributed by atoms with Crippen LogP contribution in [0, 0.1) is 12.3 Å². The number of allylic oxidation sites excluding steroid dienone is 2. The molecule has 0 atom stereocenters. The van der Waals surface area contributed by atoms with Crippen LogP contribution in [0.15, 0.2) is 77.5 Å². The fourth-order valence-electron chi connectivity index (χ4n) is 2.16. The molecule has 0 amide bonds. The van der Waals surface area contributed by atoms with E-state index in [2.05, 4.69) is 39.9 Å². The van der Waals surface area contributed by atoms with Crippen molar-refractivity contribution in [2.75, 3.05) is 28.3 Å². The predicted octanol–water partition coefficient (Wildman–Crippen LogP) is 4.26. The van der Waals surface area contributed by atoms with Crippen LogP contribution in [0.2, 0.25) is 0 Å². The number of H-pyrrole nitrogens is 1. The van der Waals surface area contributed by atoms with Gasteiger partial charge in [-0.05, 0) is 66.2 Å². The SMILES string of the molecule is C/C=C(OC)\C(=C/c1cnc[nH]c1=O)OC.CC(C)(C(=O)/C=C\N)C(F)(F)F.CNNC.Cc1ccccc1. The number of aromatic nitrogens is 2. The minimum Gasteiger partial charge on any atom is -0.493 e. The molecule has 0 radical (unpaired) electrons. The van der Waals surface area contributed by atoms with Gasteiger partial charge in [0.1, 0.15) is 5.41 Å². The molecular weight excluding hydrogens is 515 g/mol. The summed E-state index contributed by atoms with van der Waals surface area (Å²) in [4.78, 5) is 28.5. The zero-order valence-corrected chi connectivity index (χ0v) is 23.6. The number of hydrogen-bond donors (Lipinski definition) is 4. The van der Waals surface area contributed by atoms with Gasteiger partial charge in [-0.25, -0.2) is 4.98 Å². The first-order valence-electron chi connectivity index (χ1n) is 11.6. The molecule has 0 aliphatic heterocycles. The number of carbonyl (C=O) groups excluding carboxylic acids is 1. The van der Waals surface area contributed by atoms with Gasteiger partial charge in [-0.1, -0.05) is 35.9 Å². The zero-order valence-electron chi connectivity index (χ0n) is 23.6. The van der Waals surface area contributed by atoms with Crippen molar-refractivity contribution in [3.05, 3.63) is 94.2 Å². The number of rotatable bonds is 7. The number of alkyl halides is 3. The molecule has 0 spiro atoms. The molecule has 0 aliphatic carbocycles. The van der Waals surface area contributed by atoms with E-state index in [1.807, 2.05) is 39.2 Å². The van der Waals surface area contributed by atoms with E-state index in [0.717, 1.165) is 20.0 Å². The number of benzene rings is 1. The number of nitrogens with one attached hydrogen (secondary N) is 3. The Morgan fingerprint density at radius 3 is 1.92 bits per heavy atom. The first-order valence-corrected chi connectivity index (χ1v) is 11.6. The summed E-state index contributed by atoms with van der Waals surface area (Å²) in [5.74, 6) is -0.00764. The Bertz CT molecular complexity index is 1090. The first kappa shape index (κ1) is 37.3. The fraction of sp³-hybridized carbons (Fsp3) is 0.370. The predicted molar refractivity (Wildman–Crippen MR) is 148 cm³/mol. The van der Waals surface area contributed by atoms with Crippen molar-refractivity contribution in [2.24, 2.45) is 11.1 Å². The van der Waals surface area contributed by atoms with Crippen molar-refractivity contribution < 1.29 is 27.4 Å². The lowest BCUT2D eigenvalue weighted by molar-refractivity contribution is -0.207. The standard InChI is InChI=1S/C11H14N2O3.C7H10F3NO.C7H8.C2H8N2/c1-4-9(15-2)10(16-3)5-8-6-12-7-13-11(8)14;1-6(2,7(8,9)10)5(12)3-4-11;1-7-5-3-2-4-6-7;1-3-4-2/h4-7H,1-3H3,(H,12,13,14);3-4H,11H2,1-2H3;2-6H,1H3;3-4H,1-2H3/b9-4+,10-5+;4-3-;;. The molecule has 5 N–H and O–H groups in total. The third-order valence-corrected chi connectivity index (χ3v) is 4.74. The molecule has 0 bridgehead atoms. The maximum atomic E-state index is 12.1. The van der Waals surface area contributed by atoms with E-state index in [9.17, 15) is 22.8 Å². The lowest BCUT2D eigenvalue weighted by Crippen LogP contribution is -2.38. The van der Waals surface area contributed by atoms with Crippen LogP contribution in [-0.2, 0) is 14.3 Å². The number of nitrogens with zero attached hydrogens (tertiary/aromatic N) is 1. The van der Waals surface area contributed by atoms with Crippen molar-refractivity contribution in [3.63, 3.8) is 0 Å². The van der Waals surface area contributed by atoms with Gasteiger partial charge in [0.05, 0.1) is 26.1 Å². The molecular formula is C27H40F3N5O4. The lowest BCUT2D eigenvalue weighted by Gasteiger charge is -2.24. The molecule has 9 nitrogen and oxygen atoms in total. The molecule has 1 aromatic heterocycles. The second-order valence-electron chi connectivity index (χ2n) is 7.91. The Kier molecular flexibility index (Phi) is 19.2. The number of ether oxygens (including phenoxy) is 2. The van der Waals surface area contributed by atoms with Crippen molar-refractivity contribution in [3.8, 4) is 0 Å². The van der Waals surface area contributed by atoms with E-state index in [1.54, 1.807) is 12.2 Å². The summed E-state index contributed by atoms with van der Waals surface area (Å²) in [5, 5.41) is 0. The summed E-state index contributed by atoms with van der Waals surface area (Å²) in [7, 11) is 6.69. The molecule has 1 heterocycles. The maximum Gasteiger partial charge on any atom is 0.401 e. The number of ketones is 1. The number of hydrazine groups is 1. The Morgan fingerprint density at radius 1 is 1.05 bits per heavy atom. The third kappa shape index (κ3) is 15.2. The number of aromatic amines is 1. The molecule has 0 fully saturated rings. The molecule has 12 heteroatoms. The van der Waals surface area contributed by atoms with Crippen molar-refractivity contribution >= 4 is 11.9 Å². The summed E-state index contributed by atoms with van der Waals surface area (Å²) in [6.45, 7) is 5.53. The van der Waals surface area contributed by atoms with Crippen molar-refractivity contribution in [1.82, 2.24) is 20.8 Å². The van der Waals surface area contributed by atoms with Gasteiger partial charge in [0.2, 0.25) is 0 Å². The zero-order chi connectivity index (χ0) is 30.5. The van der Waals surface area contributed by atoms with E-state index >= 15 is 0 Å². The Hall–Kier alpha value is -3.90. The van der Waals surface area contributed by atoms with Crippen LogP contribution in [-0.4, -0.2) is 50.2 Å². The smallest absolute Gasteiger partial charge is 0.401 e. The topological polar surface area (TPSA) is 131 Å². The van der Waals surface area contributed by atoms with Gasteiger partial charge in [0.15, 0.2) is 17.3 Å². The summed E-state index contributed by atoms with van der Waals surface area (Å²) in [6.07, 6.45) is 3.09. The highest BCUT2D eigenvalue weighted by molar-refractivity contribution is 5.94. The van der Waals surface area contributed by atoms with E-state index in [1.165, 1.54) is 32.3 Å². The summed E-state index contributed by atoms with van der Waals surface area (Å²) in [5.41, 5.74) is 9.31. The second kappa shape index (κ2) is 20.1. The highest BCUT2D eigenvalue weighted by atomic mass is 19.4. The number of carbonyl (C=O) groups is 1. The number of halogens is 3. The molecule has 0 aliphatic rings. The fourth-order valence-corrected chi connectivity index (χ4v) is 2.16. The van der Waals surface area contributed by atoms with Crippen LogP contribution in [0.3, 0.4) is 0 Å². The quantitative estimate of drug-likeness (QED) is 0.173. The Labute approximate surface area is 228 Å². The van der Waals surface area contributed by atoms with Gasteiger partial charge >= 0.3 is 6.18 Å². The molecule has 39 heavy (non-hydrogen) atoms. The number of hydrogen-bond acceptors (Lipinski definition) is 8. The summed E-state index contributed by atoms with van der Waals surface area (Å²) in [6, 6.07) is 10.3.